The van der Waals surface area contributed by atoms with E-state index in [4.69, 9.17) is 5.73 Å². The first-order chi connectivity index (χ1) is 7.97. The molecule has 2 N–H and O–H groups in total. The van der Waals surface area contributed by atoms with Crippen molar-refractivity contribution in [3.05, 3.63) is 29.6 Å². The van der Waals surface area contributed by atoms with Crippen LogP contribution in [0.25, 0.3) is 0 Å². The fraction of sp³-hybridized carbons (Fsp3) is 0.571. The largest absolute Gasteiger partial charge is 0.370 e. The van der Waals surface area contributed by atoms with E-state index in [9.17, 15) is 4.39 Å². The maximum absolute atomic E-state index is 13.9. The number of hydrogen-bond donors (Lipinski definition) is 1. The molecule has 1 rings (SSSR count). The minimum atomic E-state index is -0.165. The lowest BCUT2D eigenvalue weighted by atomic mass is 10.0. The molecule has 0 aliphatic heterocycles. The molecule has 0 aromatic heterocycles. The Labute approximate surface area is 104 Å². The summed E-state index contributed by atoms with van der Waals surface area (Å²) in [6.07, 6.45) is 1.63. The van der Waals surface area contributed by atoms with Crippen molar-refractivity contribution in [2.24, 2.45) is 5.73 Å². The first-order valence-corrected chi connectivity index (χ1v) is 6.23. The van der Waals surface area contributed by atoms with Crippen LogP contribution in [0.5, 0.6) is 0 Å². The van der Waals surface area contributed by atoms with Gasteiger partial charge in [0.25, 0.3) is 0 Å². The topological polar surface area (TPSA) is 29.3 Å². The lowest BCUT2D eigenvalue weighted by Gasteiger charge is -2.27. The van der Waals surface area contributed by atoms with E-state index in [1.54, 1.807) is 6.07 Å². The fourth-order valence-corrected chi connectivity index (χ4v) is 1.80. The Morgan fingerprint density at radius 2 is 2.00 bits per heavy atom. The lowest BCUT2D eigenvalue weighted by Crippen LogP contribution is -2.29. The number of para-hydroxylation sites is 1. The van der Waals surface area contributed by atoms with Gasteiger partial charge >= 0.3 is 0 Å². The van der Waals surface area contributed by atoms with Crippen molar-refractivity contribution >= 4 is 5.69 Å². The van der Waals surface area contributed by atoms with E-state index < -0.39 is 0 Å². The molecule has 0 saturated carbocycles. The van der Waals surface area contributed by atoms with Crippen molar-refractivity contribution < 1.29 is 4.39 Å². The smallest absolute Gasteiger partial charge is 0.146 e. The quantitative estimate of drug-likeness (QED) is 0.854. The van der Waals surface area contributed by atoms with Gasteiger partial charge in [-0.15, -0.1) is 0 Å². The summed E-state index contributed by atoms with van der Waals surface area (Å²) in [4.78, 5) is 1.97. The standard InChI is InChI=1S/C14H23FN2/c1-5-12(16)9-11-7-6-8-13(15)14(11)17(4)10(2)3/h6-8,10,12H,5,9,16H2,1-4H3. The third-order valence-corrected chi connectivity index (χ3v) is 3.20. The number of benzene rings is 1. The van der Waals surface area contributed by atoms with E-state index in [0.717, 1.165) is 18.4 Å². The van der Waals surface area contributed by atoms with Gasteiger partial charge in [0.15, 0.2) is 0 Å². The molecule has 2 nitrogen and oxygen atoms in total. The number of nitrogens with two attached hydrogens (primary N) is 1. The molecule has 96 valence electrons. The molecule has 0 bridgehead atoms. The van der Waals surface area contributed by atoms with E-state index in [0.29, 0.717) is 5.69 Å². The molecule has 0 amide bonds. The van der Waals surface area contributed by atoms with E-state index in [-0.39, 0.29) is 17.9 Å². The van der Waals surface area contributed by atoms with Crippen LogP contribution in [0, 0.1) is 5.82 Å². The summed E-state index contributed by atoms with van der Waals surface area (Å²) >= 11 is 0. The average Bonchev–Trinajstić information content (AvgIpc) is 2.28. The van der Waals surface area contributed by atoms with Crippen molar-refractivity contribution in [1.82, 2.24) is 0 Å². The Balaban J connectivity index is 3.08. The third kappa shape index (κ3) is 3.43. The Morgan fingerprint density at radius 1 is 1.35 bits per heavy atom. The Kier molecular flexibility index (Phi) is 4.94. The highest BCUT2D eigenvalue weighted by Gasteiger charge is 2.16. The summed E-state index contributed by atoms with van der Waals surface area (Å²) in [5.41, 5.74) is 7.64. The number of nitrogens with zero attached hydrogens (tertiary/aromatic N) is 1. The van der Waals surface area contributed by atoms with Crippen LogP contribution in [-0.2, 0) is 6.42 Å². The van der Waals surface area contributed by atoms with Crippen molar-refractivity contribution in [3.8, 4) is 0 Å². The first kappa shape index (κ1) is 14.0. The first-order valence-electron chi connectivity index (χ1n) is 6.23. The molecule has 0 fully saturated rings. The van der Waals surface area contributed by atoms with Gasteiger partial charge in [-0.25, -0.2) is 4.39 Å². The molecule has 0 aliphatic rings. The Bertz CT molecular complexity index is 363. The van der Waals surface area contributed by atoms with Gasteiger partial charge in [-0.1, -0.05) is 19.1 Å². The highest BCUT2D eigenvalue weighted by Crippen LogP contribution is 2.26. The summed E-state index contributed by atoms with van der Waals surface area (Å²) in [7, 11) is 1.92. The van der Waals surface area contributed by atoms with E-state index >= 15 is 0 Å². The van der Waals surface area contributed by atoms with Gasteiger partial charge in [0.05, 0.1) is 5.69 Å². The van der Waals surface area contributed by atoms with Crippen molar-refractivity contribution in [3.63, 3.8) is 0 Å². The van der Waals surface area contributed by atoms with Gasteiger partial charge in [0.1, 0.15) is 5.82 Å². The number of anilines is 1. The number of halogens is 1. The zero-order valence-corrected chi connectivity index (χ0v) is 11.2. The molecule has 1 aromatic carbocycles. The molecule has 0 spiro atoms. The van der Waals surface area contributed by atoms with Crippen molar-refractivity contribution in [2.45, 2.75) is 45.7 Å². The molecule has 1 aromatic rings. The highest BCUT2D eigenvalue weighted by molar-refractivity contribution is 5.55. The van der Waals surface area contributed by atoms with Crippen LogP contribution in [-0.4, -0.2) is 19.1 Å². The second kappa shape index (κ2) is 6.01. The van der Waals surface area contributed by atoms with Gasteiger partial charge in [0, 0.05) is 19.1 Å². The maximum Gasteiger partial charge on any atom is 0.146 e. The molecule has 0 radical (unpaired) electrons. The van der Waals surface area contributed by atoms with Crippen LogP contribution in [0.4, 0.5) is 10.1 Å². The van der Waals surface area contributed by atoms with Crippen LogP contribution in [0.2, 0.25) is 0 Å². The second-order valence-corrected chi connectivity index (χ2v) is 4.82. The predicted octanol–water partition coefficient (Wildman–Crippen LogP) is 2.95. The van der Waals surface area contributed by atoms with Crippen molar-refractivity contribution in [2.75, 3.05) is 11.9 Å². The fourth-order valence-electron chi connectivity index (χ4n) is 1.80. The van der Waals surface area contributed by atoms with Gasteiger partial charge in [-0.2, -0.15) is 0 Å². The van der Waals surface area contributed by atoms with Gasteiger partial charge < -0.3 is 10.6 Å². The molecular weight excluding hydrogens is 215 g/mol. The molecule has 1 unspecified atom stereocenters. The molecule has 0 aliphatic carbocycles. The highest BCUT2D eigenvalue weighted by atomic mass is 19.1. The Morgan fingerprint density at radius 3 is 2.53 bits per heavy atom. The van der Waals surface area contributed by atoms with Gasteiger partial charge in [-0.05, 0) is 38.3 Å². The SMILES string of the molecule is CCC(N)Cc1cccc(F)c1N(C)C(C)C. The molecule has 0 saturated heterocycles. The molecular formula is C14H23FN2. The normalized spacial score (nSPS) is 12.9. The van der Waals surface area contributed by atoms with Crippen molar-refractivity contribution in [1.29, 1.82) is 0 Å². The maximum atomic E-state index is 13.9. The van der Waals surface area contributed by atoms with Crippen LogP contribution in [0.1, 0.15) is 32.8 Å². The van der Waals surface area contributed by atoms with Crippen LogP contribution in [0.3, 0.4) is 0 Å². The molecule has 0 heterocycles. The average molecular weight is 238 g/mol. The summed E-state index contributed by atoms with van der Waals surface area (Å²) in [5, 5.41) is 0. The number of rotatable bonds is 5. The summed E-state index contributed by atoms with van der Waals surface area (Å²) in [5.74, 6) is -0.165. The predicted molar refractivity (Wildman–Crippen MR) is 71.9 cm³/mol. The monoisotopic (exact) mass is 238 g/mol. The zero-order chi connectivity index (χ0) is 13.0. The minimum absolute atomic E-state index is 0.0936. The van der Waals surface area contributed by atoms with E-state index in [2.05, 4.69) is 20.8 Å². The Hall–Kier alpha value is -1.09. The van der Waals surface area contributed by atoms with Crippen LogP contribution < -0.4 is 10.6 Å². The summed E-state index contributed by atoms with van der Waals surface area (Å²) < 4.78 is 13.9. The van der Waals surface area contributed by atoms with Crippen LogP contribution >= 0.6 is 0 Å². The number of hydrogen-bond acceptors (Lipinski definition) is 2. The van der Waals surface area contributed by atoms with Crippen LogP contribution in [0.15, 0.2) is 18.2 Å². The second-order valence-electron chi connectivity index (χ2n) is 4.82. The molecule has 17 heavy (non-hydrogen) atoms. The molecule has 3 heteroatoms. The van der Waals surface area contributed by atoms with E-state index in [1.807, 2.05) is 18.0 Å². The summed E-state index contributed by atoms with van der Waals surface area (Å²) in [6, 6.07) is 5.59. The molecule has 1 atom stereocenters. The van der Waals surface area contributed by atoms with Gasteiger partial charge in [0.2, 0.25) is 0 Å². The lowest BCUT2D eigenvalue weighted by molar-refractivity contribution is 0.600. The summed E-state index contributed by atoms with van der Waals surface area (Å²) in [6.45, 7) is 6.15. The minimum Gasteiger partial charge on any atom is -0.370 e. The zero-order valence-electron chi connectivity index (χ0n) is 11.2. The third-order valence-electron chi connectivity index (χ3n) is 3.20. The van der Waals surface area contributed by atoms with Gasteiger partial charge in [-0.3, -0.25) is 0 Å². The van der Waals surface area contributed by atoms with E-state index in [1.165, 1.54) is 6.07 Å².